The summed E-state index contributed by atoms with van der Waals surface area (Å²) in [5, 5.41) is 26.7. The highest BCUT2D eigenvalue weighted by molar-refractivity contribution is 6.23. The number of hydrogen-bond acceptors (Lipinski definition) is 6. The zero-order valence-corrected chi connectivity index (χ0v) is 19.1. The maximum Gasteiger partial charge on any atom is 0.260 e. The number of anilines is 1. The molecule has 3 rings (SSSR count). The fourth-order valence-electron chi connectivity index (χ4n) is 4.02. The summed E-state index contributed by atoms with van der Waals surface area (Å²) in [6.45, 7) is 0.558. The Morgan fingerprint density at radius 1 is 1.29 bits per heavy atom. The molecule has 2 aromatic rings. The fourth-order valence-corrected chi connectivity index (χ4v) is 4.02. The molecule has 1 heterocycles. The molecule has 0 radical (unpaired) electrons. The van der Waals surface area contributed by atoms with Crippen LogP contribution in [-0.2, 0) is 11.3 Å². The van der Waals surface area contributed by atoms with Gasteiger partial charge in [0.05, 0.1) is 18.0 Å². The van der Waals surface area contributed by atoms with Gasteiger partial charge in [-0.3, -0.25) is 10.2 Å². The van der Waals surface area contributed by atoms with Crippen LogP contribution in [0.1, 0.15) is 37.7 Å². The molecule has 1 aromatic heterocycles. The van der Waals surface area contributed by atoms with Crippen molar-refractivity contribution in [1.82, 2.24) is 15.6 Å². The molecule has 1 fully saturated rings. The molecule has 0 atom stereocenters. The highest BCUT2D eigenvalue weighted by Crippen LogP contribution is 2.31. The Morgan fingerprint density at radius 2 is 2.06 bits per heavy atom. The molecular weight excluding hydrogens is 452 g/mol. The second-order valence-corrected chi connectivity index (χ2v) is 8.44. The van der Waals surface area contributed by atoms with Crippen molar-refractivity contribution in [3.8, 4) is 6.07 Å². The number of hydrogen-bond donors (Lipinski definition) is 5. The summed E-state index contributed by atoms with van der Waals surface area (Å²) >= 11 is 0. The number of primary amides is 1. The number of carbonyl (C=O) groups is 1. The predicted molar refractivity (Wildman–Crippen MR) is 128 cm³/mol. The molecule has 6 N–H and O–H groups in total. The van der Waals surface area contributed by atoms with E-state index in [0.29, 0.717) is 19.4 Å². The van der Waals surface area contributed by atoms with Gasteiger partial charge in [0.15, 0.2) is 0 Å². The van der Waals surface area contributed by atoms with Gasteiger partial charge in [-0.1, -0.05) is 17.9 Å². The van der Waals surface area contributed by atoms with Crippen molar-refractivity contribution >= 4 is 17.4 Å². The predicted octanol–water partition coefficient (Wildman–Crippen LogP) is 3.25. The summed E-state index contributed by atoms with van der Waals surface area (Å²) in [5.41, 5.74) is 8.47. The van der Waals surface area contributed by atoms with Crippen LogP contribution in [0.25, 0.3) is 0 Å². The van der Waals surface area contributed by atoms with Crippen LogP contribution in [0.15, 0.2) is 60.1 Å². The number of amides is 1. The average Bonchev–Trinajstić information content (AvgIpc) is 2.81. The zero-order valence-electron chi connectivity index (χ0n) is 19.1. The first-order valence-corrected chi connectivity index (χ1v) is 11.2. The van der Waals surface area contributed by atoms with E-state index in [0.717, 1.165) is 24.5 Å². The summed E-state index contributed by atoms with van der Waals surface area (Å²) in [4.78, 5) is 15.3. The molecule has 1 aliphatic carbocycles. The number of aromatic nitrogens is 1. The van der Waals surface area contributed by atoms with Crippen LogP contribution in [0.4, 0.5) is 14.5 Å². The third-order valence-corrected chi connectivity index (χ3v) is 5.93. The Kier molecular flexibility index (Phi) is 8.68. The van der Waals surface area contributed by atoms with E-state index in [1.54, 1.807) is 6.07 Å². The first-order chi connectivity index (χ1) is 16.8. The van der Waals surface area contributed by atoms with Crippen LogP contribution in [-0.4, -0.2) is 28.3 Å². The SMILES string of the molecule is N#CCC1(NC=C=C(C(=N)Nc2ccnc(F)c2)C(N)=O)CCC(NCc2cccc(F)c2)CC1. The minimum absolute atomic E-state index is 0.228. The van der Waals surface area contributed by atoms with Crippen LogP contribution in [0.3, 0.4) is 0 Å². The lowest BCUT2D eigenvalue weighted by molar-refractivity contribution is -0.114. The molecule has 0 saturated heterocycles. The van der Waals surface area contributed by atoms with Crippen molar-refractivity contribution in [1.29, 1.82) is 10.7 Å². The minimum atomic E-state index is -0.880. The molecule has 1 aromatic carbocycles. The Hall–Kier alpha value is -4.06. The zero-order chi connectivity index (χ0) is 25.3. The standard InChI is InChI=1S/C25H27F2N7O/c26-18-3-1-2-17(14-18)16-32-19-4-8-25(9-5-19,10-11-28)33-13-7-21(24(30)35)23(29)34-20-6-12-31-22(27)15-20/h1-3,6,12-15,19,32-33H,4-5,8-10,16H2,(H2,30,35)(H2,29,31,34). The van der Waals surface area contributed by atoms with Gasteiger partial charge in [0.2, 0.25) is 5.95 Å². The Morgan fingerprint density at radius 3 is 2.71 bits per heavy atom. The number of carbonyl (C=O) groups excluding carboxylic acids is 1. The summed E-state index contributed by atoms with van der Waals surface area (Å²) in [5.74, 6) is -2.23. The van der Waals surface area contributed by atoms with Gasteiger partial charge in [0, 0.05) is 36.7 Å². The van der Waals surface area contributed by atoms with E-state index < -0.39 is 17.4 Å². The number of nitrogens with zero attached hydrogens (tertiary/aromatic N) is 2. The van der Waals surface area contributed by atoms with E-state index in [1.165, 1.54) is 30.6 Å². The summed E-state index contributed by atoms with van der Waals surface area (Å²) in [6.07, 6.45) is 5.87. The molecule has 0 unspecified atom stereocenters. The highest BCUT2D eigenvalue weighted by Gasteiger charge is 2.34. The number of nitriles is 1. The number of halogens is 2. The molecular formula is C25H27F2N7O. The van der Waals surface area contributed by atoms with Crippen molar-refractivity contribution in [3.63, 3.8) is 0 Å². The maximum absolute atomic E-state index is 13.4. The Bertz CT molecular complexity index is 1180. The van der Waals surface area contributed by atoms with Crippen molar-refractivity contribution in [3.05, 3.63) is 77.4 Å². The van der Waals surface area contributed by atoms with Gasteiger partial charge in [-0.25, -0.2) is 9.37 Å². The van der Waals surface area contributed by atoms with Gasteiger partial charge in [-0.15, -0.1) is 0 Å². The first-order valence-electron chi connectivity index (χ1n) is 11.2. The van der Waals surface area contributed by atoms with E-state index in [-0.39, 0.29) is 35.4 Å². The van der Waals surface area contributed by atoms with Crippen molar-refractivity contribution in [2.75, 3.05) is 5.32 Å². The Labute approximate surface area is 202 Å². The van der Waals surface area contributed by atoms with Crippen LogP contribution >= 0.6 is 0 Å². The third-order valence-electron chi connectivity index (χ3n) is 5.93. The van der Waals surface area contributed by atoms with Crippen LogP contribution in [0, 0.1) is 28.5 Å². The van der Waals surface area contributed by atoms with E-state index in [1.807, 2.05) is 6.07 Å². The number of nitrogens with two attached hydrogens (primary N) is 1. The lowest BCUT2D eigenvalue weighted by Gasteiger charge is -2.39. The molecule has 8 nitrogen and oxygen atoms in total. The Balaban J connectivity index is 1.63. The molecule has 1 saturated carbocycles. The summed E-state index contributed by atoms with van der Waals surface area (Å²) in [6, 6.07) is 11.4. The van der Waals surface area contributed by atoms with Gasteiger partial charge in [-0.2, -0.15) is 9.65 Å². The van der Waals surface area contributed by atoms with E-state index in [9.17, 15) is 18.8 Å². The van der Waals surface area contributed by atoms with Crippen LogP contribution in [0.2, 0.25) is 0 Å². The van der Waals surface area contributed by atoms with Gasteiger partial charge in [-0.05, 0) is 49.4 Å². The normalized spacial score (nSPS) is 19.1. The number of benzene rings is 1. The molecule has 1 aliphatic rings. The lowest BCUT2D eigenvalue weighted by Crippen LogP contribution is -2.48. The molecule has 0 aliphatic heterocycles. The summed E-state index contributed by atoms with van der Waals surface area (Å²) in [7, 11) is 0. The topological polar surface area (TPSA) is 140 Å². The number of amidine groups is 1. The van der Waals surface area contributed by atoms with E-state index in [4.69, 9.17) is 11.1 Å². The van der Waals surface area contributed by atoms with E-state index >= 15 is 0 Å². The second kappa shape index (κ2) is 11.9. The third kappa shape index (κ3) is 7.47. The quantitative estimate of drug-likeness (QED) is 0.123. The van der Waals surface area contributed by atoms with Crippen molar-refractivity contribution in [2.45, 2.75) is 50.2 Å². The van der Waals surface area contributed by atoms with Crippen molar-refractivity contribution in [2.24, 2.45) is 5.73 Å². The fraction of sp³-hybridized carbons (Fsp3) is 0.320. The van der Waals surface area contributed by atoms with Gasteiger partial charge >= 0.3 is 0 Å². The number of pyridine rings is 1. The highest BCUT2D eigenvalue weighted by atomic mass is 19.1. The molecule has 1 amide bonds. The first kappa shape index (κ1) is 25.6. The van der Waals surface area contributed by atoms with Gasteiger partial charge < -0.3 is 21.7 Å². The van der Waals surface area contributed by atoms with E-state index in [2.05, 4.69) is 32.7 Å². The molecule has 0 bridgehead atoms. The number of nitrogens with one attached hydrogen (secondary N) is 4. The smallest absolute Gasteiger partial charge is 0.260 e. The summed E-state index contributed by atoms with van der Waals surface area (Å²) < 4.78 is 26.7. The minimum Gasteiger partial charge on any atom is -0.378 e. The van der Waals surface area contributed by atoms with Gasteiger partial charge in [0.1, 0.15) is 17.2 Å². The average molecular weight is 480 g/mol. The number of rotatable bonds is 9. The van der Waals surface area contributed by atoms with Gasteiger partial charge in [0.25, 0.3) is 5.91 Å². The van der Waals surface area contributed by atoms with Crippen molar-refractivity contribution < 1.29 is 13.6 Å². The largest absolute Gasteiger partial charge is 0.378 e. The lowest BCUT2D eigenvalue weighted by atomic mass is 9.77. The molecule has 35 heavy (non-hydrogen) atoms. The maximum atomic E-state index is 13.4. The van der Waals surface area contributed by atoms with Crippen LogP contribution in [0.5, 0.6) is 0 Å². The monoisotopic (exact) mass is 479 g/mol. The second-order valence-electron chi connectivity index (χ2n) is 8.44. The molecule has 182 valence electrons. The van der Waals surface area contributed by atoms with Crippen LogP contribution < -0.4 is 21.7 Å². The molecule has 10 heteroatoms. The molecule has 0 spiro atoms.